The van der Waals surface area contributed by atoms with Crippen molar-refractivity contribution in [2.24, 2.45) is 4.99 Å². The van der Waals surface area contributed by atoms with Crippen molar-refractivity contribution in [1.82, 2.24) is 4.90 Å². The monoisotopic (exact) mass is 508 g/mol. The Balaban J connectivity index is 1.63. The second-order valence-corrected chi connectivity index (χ2v) is 9.48. The molecule has 0 aromatic heterocycles. The van der Waals surface area contributed by atoms with Crippen molar-refractivity contribution < 1.29 is 9.59 Å². The fourth-order valence-corrected chi connectivity index (χ4v) is 4.39. The highest BCUT2D eigenvalue weighted by Gasteiger charge is 2.22. The van der Waals surface area contributed by atoms with E-state index >= 15 is 0 Å². The molecule has 8 heteroatoms. The molecule has 0 unspecified atom stereocenters. The Morgan fingerprint density at radius 2 is 1.69 bits per heavy atom. The molecule has 6 nitrogen and oxygen atoms in total. The summed E-state index contributed by atoms with van der Waals surface area (Å²) in [5.74, 6) is 0.486. The van der Waals surface area contributed by atoms with Crippen molar-refractivity contribution in [3.63, 3.8) is 0 Å². The third-order valence-electron chi connectivity index (χ3n) is 5.88. The molecule has 4 rings (SSSR count). The van der Waals surface area contributed by atoms with Crippen LogP contribution in [0.15, 0.2) is 65.7 Å². The molecule has 0 bridgehead atoms. The van der Waals surface area contributed by atoms with Crippen molar-refractivity contribution in [3.05, 3.63) is 93.0 Å². The Hall–Kier alpha value is -3.35. The summed E-state index contributed by atoms with van der Waals surface area (Å²) in [4.78, 5) is 35.0. The number of hydrogen-bond donors (Lipinski definition) is 1. The van der Waals surface area contributed by atoms with Crippen LogP contribution in [0.5, 0.6) is 0 Å². The summed E-state index contributed by atoms with van der Waals surface area (Å²) in [6, 6.07) is 17.6. The van der Waals surface area contributed by atoms with Crippen molar-refractivity contribution in [2.75, 3.05) is 44.4 Å². The van der Waals surface area contributed by atoms with Crippen LogP contribution in [0.1, 0.15) is 31.8 Å². The second-order valence-electron chi connectivity index (χ2n) is 8.61. The minimum Gasteiger partial charge on any atom is -0.377 e. The predicted octanol–water partition coefficient (Wildman–Crippen LogP) is 5.43. The number of likely N-dealkylation sites (N-methyl/N-ethyl adjacent to an activating group) is 1. The van der Waals surface area contributed by atoms with Crippen LogP contribution in [0.25, 0.3) is 0 Å². The minimum atomic E-state index is -0.349. The highest BCUT2D eigenvalue weighted by Crippen LogP contribution is 2.30. The van der Waals surface area contributed by atoms with Crippen LogP contribution in [0.3, 0.4) is 0 Å². The molecule has 35 heavy (non-hydrogen) atoms. The summed E-state index contributed by atoms with van der Waals surface area (Å²) in [6.07, 6.45) is 0.0499. The van der Waals surface area contributed by atoms with Crippen molar-refractivity contribution >= 4 is 52.1 Å². The third kappa shape index (κ3) is 5.66. The first-order valence-corrected chi connectivity index (χ1v) is 11.9. The second kappa shape index (κ2) is 10.5. The van der Waals surface area contributed by atoms with Gasteiger partial charge < -0.3 is 15.1 Å². The number of anilines is 2. The van der Waals surface area contributed by atoms with Crippen LogP contribution in [0.2, 0.25) is 10.0 Å². The van der Waals surface area contributed by atoms with Gasteiger partial charge in [-0.3, -0.25) is 14.6 Å². The first-order chi connectivity index (χ1) is 16.7. The van der Waals surface area contributed by atoms with E-state index < -0.39 is 0 Å². The minimum absolute atomic E-state index is 0.0499. The van der Waals surface area contributed by atoms with E-state index in [0.29, 0.717) is 38.1 Å². The van der Waals surface area contributed by atoms with Gasteiger partial charge in [0.2, 0.25) is 0 Å². The molecule has 3 aromatic carbocycles. The largest absolute Gasteiger partial charge is 0.377 e. The molecule has 180 valence electrons. The molecule has 0 spiro atoms. The number of ketones is 1. The van der Waals surface area contributed by atoms with Gasteiger partial charge in [-0.15, -0.1) is 0 Å². The number of carbonyl (C=O) groups is 2. The Bertz CT molecular complexity index is 1290. The van der Waals surface area contributed by atoms with Gasteiger partial charge in [-0.05, 0) is 42.0 Å². The number of nitrogens with one attached hydrogen (secondary N) is 1. The number of nitrogens with zero attached hydrogens (tertiary/aromatic N) is 3. The molecular weight excluding hydrogens is 483 g/mol. The molecule has 0 fully saturated rings. The van der Waals surface area contributed by atoms with E-state index in [0.717, 1.165) is 24.5 Å². The lowest BCUT2D eigenvalue weighted by atomic mass is 9.95. The Kier molecular flexibility index (Phi) is 7.43. The first-order valence-electron chi connectivity index (χ1n) is 11.2. The quantitative estimate of drug-likeness (QED) is 0.432. The summed E-state index contributed by atoms with van der Waals surface area (Å²) >= 11 is 12.3. The number of halogens is 2. The van der Waals surface area contributed by atoms with E-state index in [1.807, 2.05) is 50.3 Å². The Morgan fingerprint density at radius 1 is 1.00 bits per heavy atom. The molecule has 3 aromatic rings. The predicted molar refractivity (Wildman–Crippen MR) is 144 cm³/mol. The number of benzene rings is 3. The number of Topliss-reactive ketones (excluding diaryl/α,β-unsaturated/α-hetero) is 1. The van der Waals surface area contributed by atoms with Crippen LogP contribution in [-0.2, 0) is 6.42 Å². The maximum absolute atomic E-state index is 13.3. The van der Waals surface area contributed by atoms with Gasteiger partial charge in [0, 0.05) is 72.2 Å². The van der Waals surface area contributed by atoms with E-state index in [2.05, 4.69) is 15.2 Å². The van der Waals surface area contributed by atoms with Gasteiger partial charge in [0.1, 0.15) is 5.84 Å². The molecule has 0 atom stereocenters. The van der Waals surface area contributed by atoms with Gasteiger partial charge >= 0.3 is 0 Å². The lowest BCUT2D eigenvalue weighted by Crippen LogP contribution is -2.23. The smallest absolute Gasteiger partial charge is 0.256 e. The van der Waals surface area contributed by atoms with Gasteiger partial charge in [-0.25, -0.2) is 0 Å². The van der Waals surface area contributed by atoms with Crippen molar-refractivity contribution in [2.45, 2.75) is 6.42 Å². The van der Waals surface area contributed by atoms with E-state index in [1.165, 1.54) is 0 Å². The number of aliphatic imine (C=N–C) groups is 1. The maximum atomic E-state index is 13.3. The molecule has 1 aliphatic heterocycles. The topological polar surface area (TPSA) is 65.0 Å². The van der Waals surface area contributed by atoms with Crippen molar-refractivity contribution in [1.29, 1.82) is 0 Å². The zero-order valence-electron chi connectivity index (χ0n) is 19.8. The molecule has 0 radical (unpaired) electrons. The summed E-state index contributed by atoms with van der Waals surface area (Å²) in [5.41, 5.74) is 3.82. The number of rotatable bonds is 7. The standard InChI is InChI=1S/C27H26Cl2N4O2/c1-32(2)24-15-20(29)14-23(27(35)31-21-10-8-19(28)9-11-21)22(24)16-25(34)17-4-6-18(7-5-17)26-30-12-13-33(26)3/h4-11,14-15H,12-13,16H2,1-3H3,(H,31,35). The zero-order valence-corrected chi connectivity index (χ0v) is 21.3. The van der Waals surface area contributed by atoms with Gasteiger partial charge in [-0.1, -0.05) is 47.5 Å². The van der Waals surface area contributed by atoms with Crippen LogP contribution in [-0.4, -0.2) is 56.7 Å². The van der Waals surface area contributed by atoms with E-state index in [-0.39, 0.29) is 18.1 Å². The SMILES string of the molecule is CN1CCN=C1c1ccc(C(=O)Cc2c(C(=O)Nc3ccc(Cl)cc3)cc(Cl)cc2N(C)C)cc1. The summed E-state index contributed by atoms with van der Waals surface area (Å²) in [5, 5.41) is 3.86. The highest BCUT2D eigenvalue weighted by atomic mass is 35.5. The Morgan fingerprint density at radius 3 is 2.29 bits per heavy atom. The average Bonchev–Trinajstić information content (AvgIpc) is 3.27. The fraction of sp³-hybridized carbons (Fsp3) is 0.222. The lowest BCUT2D eigenvalue weighted by molar-refractivity contribution is 0.0992. The summed E-state index contributed by atoms with van der Waals surface area (Å²) in [6.45, 7) is 1.66. The van der Waals surface area contributed by atoms with Gasteiger partial charge in [0.15, 0.2) is 5.78 Å². The number of amides is 1. The maximum Gasteiger partial charge on any atom is 0.256 e. The molecule has 1 heterocycles. The van der Waals surface area contributed by atoms with E-state index in [9.17, 15) is 9.59 Å². The first kappa shape index (κ1) is 24.8. The number of carbonyl (C=O) groups excluding carboxylic acids is 2. The number of hydrogen-bond acceptors (Lipinski definition) is 5. The van der Waals surface area contributed by atoms with E-state index in [4.69, 9.17) is 23.2 Å². The molecule has 0 aliphatic carbocycles. The molecule has 0 saturated heterocycles. The van der Waals surface area contributed by atoms with Crippen LogP contribution < -0.4 is 10.2 Å². The molecule has 1 N–H and O–H groups in total. The summed E-state index contributed by atoms with van der Waals surface area (Å²) in [7, 11) is 5.72. The number of amidine groups is 1. The lowest BCUT2D eigenvalue weighted by Gasteiger charge is -2.21. The molecule has 0 saturated carbocycles. The fourth-order valence-electron chi connectivity index (χ4n) is 4.05. The molecular formula is C27H26Cl2N4O2. The zero-order chi connectivity index (χ0) is 25.1. The third-order valence-corrected chi connectivity index (χ3v) is 6.35. The van der Waals surface area contributed by atoms with Gasteiger partial charge in [0.25, 0.3) is 5.91 Å². The summed E-state index contributed by atoms with van der Waals surface area (Å²) < 4.78 is 0. The van der Waals surface area contributed by atoms with Crippen molar-refractivity contribution in [3.8, 4) is 0 Å². The highest BCUT2D eigenvalue weighted by molar-refractivity contribution is 6.31. The molecule has 1 amide bonds. The van der Waals surface area contributed by atoms with Gasteiger partial charge in [0.05, 0.1) is 6.54 Å². The van der Waals surface area contributed by atoms with Crippen LogP contribution >= 0.6 is 23.2 Å². The molecule has 1 aliphatic rings. The Labute approximate surface area is 215 Å². The average molecular weight is 509 g/mol. The van der Waals surface area contributed by atoms with E-state index in [1.54, 1.807) is 36.4 Å². The van der Waals surface area contributed by atoms with Gasteiger partial charge in [-0.2, -0.15) is 0 Å². The van der Waals surface area contributed by atoms with Crippen LogP contribution in [0.4, 0.5) is 11.4 Å². The van der Waals surface area contributed by atoms with Crippen LogP contribution in [0, 0.1) is 0 Å². The normalized spacial score (nSPS) is 12.9.